The van der Waals surface area contributed by atoms with Gasteiger partial charge in [0.1, 0.15) is 5.60 Å². The van der Waals surface area contributed by atoms with Crippen molar-refractivity contribution >= 4 is 20.0 Å². The minimum Gasteiger partial charge on any atom is -0.360 e. The molecule has 1 heterocycles. The molecule has 8 heteroatoms. The Morgan fingerprint density at radius 1 is 0.765 bits per heavy atom. The number of aryl methyl sites for hydroxylation is 3. The van der Waals surface area contributed by atoms with E-state index in [1.165, 1.54) is 24.3 Å². The van der Waals surface area contributed by atoms with E-state index in [-0.39, 0.29) is 22.1 Å². The van der Waals surface area contributed by atoms with Crippen molar-refractivity contribution in [3.8, 4) is 0 Å². The lowest BCUT2D eigenvalue weighted by Crippen LogP contribution is -2.36. The smallest absolute Gasteiger partial charge is 0.277 e. The first-order chi connectivity index (χ1) is 16.1. The van der Waals surface area contributed by atoms with Crippen molar-refractivity contribution in [2.75, 3.05) is 6.61 Å². The molecule has 176 valence electrons. The summed E-state index contributed by atoms with van der Waals surface area (Å²) < 4.78 is 62.0. The van der Waals surface area contributed by atoms with E-state index >= 15 is 0 Å². The first-order valence-corrected chi connectivity index (χ1v) is 13.9. The summed E-state index contributed by atoms with van der Waals surface area (Å²) in [6.07, 6.45) is 3.07. The van der Waals surface area contributed by atoms with Crippen LogP contribution in [-0.2, 0) is 36.8 Å². The predicted molar refractivity (Wildman–Crippen MR) is 129 cm³/mol. The molecular weight excluding hydrogens is 470 g/mol. The van der Waals surface area contributed by atoms with E-state index in [9.17, 15) is 16.8 Å². The number of hydrogen-bond donors (Lipinski definition) is 0. The second kappa shape index (κ2) is 8.08. The van der Waals surface area contributed by atoms with Gasteiger partial charge >= 0.3 is 0 Å². The molecule has 0 amide bonds. The highest BCUT2D eigenvalue weighted by molar-refractivity contribution is 8.04. The monoisotopic (exact) mass is 495 g/mol. The highest BCUT2D eigenvalue weighted by Crippen LogP contribution is 2.46. The molecule has 0 saturated heterocycles. The van der Waals surface area contributed by atoms with Crippen LogP contribution in [0.15, 0.2) is 94.4 Å². The van der Waals surface area contributed by atoms with Gasteiger partial charge in [-0.25, -0.2) is 16.8 Å². The number of rotatable bonds is 5. The highest BCUT2D eigenvalue weighted by atomic mass is 32.3. The minimum atomic E-state index is -4.44. The molecule has 0 fully saturated rings. The van der Waals surface area contributed by atoms with Crippen molar-refractivity contribution in [1.82, 2.24) is 3.71 Å². The maximum Gasteiger partial charge on any atom is 0.277 e. The largest absolute Gasteiger partial charge is 0.360 e. The zero-order chi connectivity index (χ0) is 24.1. The SMILES string of the molecule is Cc1ccc(S(=O)(=O)N(C2=CC3(CCc4ccccc43)OC2)S(=O)(=O)c2ccc(C)cc2)cc1. The molecular formula is C26H25NO5S2. The van der Waals surface area contributed by atoms with Crippen LogP contribution in [0.2, 0.25) is 0 Å². The number of nitrogens with zero attached hydrogens (tertiary/aromatic N) is 1. The molecule has 0 N–H and O–H groups in total. The first kappa shape index (κ1) is 22.8. The number of fused-ring (bicyclic) bond motifs is 2. The van der Waals surface area contributed by atoms with Gasteiger partial charge in [-0.05, 0) is 68.2 Å². The fourth-order valence-corrected chi connectivity index (χ4v) is 8.34. The summed E-state index contributed by atoms with van der Waals surface area (Å²) in [5.74, 6) is 0. The molecule has 1 unspecified atom stereocenters. The van der Waals surface area contributed by atoms with Crippen molar-refractivity contribution in [2.45, 2.75) is 42.1 Å². The van der Waals surface area contributed by atoms with Crippen LogP contribution in [0.3, 0.4) is 0 Å². The summed E-state index contributed by atoms with van der Waals surface area (Å²) in [5.41, 5.74) is 3.07. The molecule has 2 aliphatic rings. The predicted octanol–water partition coefficient (Wildman–Crippen LogP) is 4.44. The summed E-state index contributed by atoms with van der Waals surface area (Å²) in [4.78, 5) is -0.190. The average Bonchev–Trinajstić information content (AvgIpc) is 3.39. The van der Waals surface area contributed by atoms with E-state index in [2.05, 4.69) is 0 Å². The normalized spacial score (nSPS) is 19.8. The molecule has 5 rings (SSSR count). The third-order valence-corrected chi connectivity index (χ3v) is 10.7. The van der Waals surface area contributed by atoms with Gasteiger partial charge in [0.15, 0.2) is 0 Å². The van der Waals surface area contributed by atoms with E-state index < -0.39 is 25.6 Å². The standard InChI is InChI=1S/C26H25NO5S2/c1-19-7-11-23(12-8-19)33(28,29)27(34(30,31)24-13-9-20(2)10-14-24)22-17-26(32-18-22)16-15-21-5-3-4-6-25(21)26/h3-14,17H,15-16,18H2,1-2H3. The molecule has 1 spiro atoms. The number of ether oxygens (including phenoxy) is 1. The molecule has 6 nitrogen and oxygen atoms in total. The van der Waals surface area contributed by atoms with Crippen LogP contribution < -0.4 is 0 Å². The molecule has 0 saturated carbocycles. The van der Waals surface area contributed by atoms with Crippen LogP contribution in [0, 0.1) is 13.8 Å². The van der Waals surface area contributed by atoms with E-state index in [1.54, 1.807) is 30.3 Å². The highest BCUT2D eigenvalue weighted by Gasteiger charge is 2.47. The van der Waals surface area contributed by atoms with E-state index in [0.717, 1.165) is 28.7 Å². The summed E-state index contributed by atoms with van der Waals surface area (Å²) in [6, 6.07) is 20.2. The van der Waals surface area contributed by atoms with Crippen LogP contribution in [0.1, 0.15) is 28.7 Å². The Balaban J connectivity index is 1.68. The van der Waals surface area contributed by atoms with Gasteiger partial charge in [0.05, 0.1) is 22.1 Å². The second-order valence-corrected chi connectivity index (χ2v) is 12.6. The van der Waals surface area contributed by atoms with Gasteiger partial charge in [0, 0.05) is 0 Å². The molecule has 1 aliphatic carbocycles. The van der Waals surface area contributed by atoms with Crippen LogP contribution in [-0.4, -0.2) is 27.2 Å². The van der Waals surface area contributed by atoms with Gasteiger partial charge in [0.25, 0.3) is 20.0 Å². The summed E-state index contributed by atoms with van der Waals surface area (Å²) >= 11 is 0. The Bertz CT molecular complexity index is 1420. The zero-order valence-corrected chi connectivity index (χ0v) is 20.6. The Hall–Kier alpha value is -2.94. The van der Waals surface area contributed by atoms with Gasteiger partial charge in [-0.2, -0.15) is 3.71 Å². The third kappa shape index (κ3) is 3.66. The molecule has 0 aromatic heterocycles. The Kier molecular flexibility index (Phi) is 5.42. The number of benzene rings is 3. The Morgan fingerprint density at radius 2 is 1.29 bits per heavy atom. The van der Waals surface area contributed by atoms with Crippen LogP contribution >= 0.6 is 0 Å². The van der Waals surface area contributed by atoms with Crippen molar-refractivity contribution in [3.63, 3.8) is 0 Å². The van der Waals surface area contributed by atoms with Crippen molar-refractivity contribution in [1.29, 1.82) is 0 Å². The molecule has 0 bridgehead atoms. The summed E-state index contributed by atoms with van der Waals surface area (Å²) in [7, 11) is -8.89. The van der Waals surface area contributed by atoms with Gasteiger partial charge in [0.2, 0.25) is 0 Å². The van der Waals surface area contributed by atoms with Gasteiger partial charge < -0.3 is 4.74 Å². The maximum atomic E-state index is 13.8. The van der Waals surface area contributed by atoms with Crippen molar-refractivity contribution < 1.29 is 21.6 Å². The lowest BCUT2D eigenvalue weighted by Gasteiger charge is -2.24. The topological polar surface area (TPSA) is 80.8 Å². The Morgan fingerprint density at radius 3 is 1.85 bits per heavy atom. The quantitative estimate of drug-likeness (QED) is 0.523. The summed E-state index contributed by atoms with van der Waals surface area (Å²) in [6.45, 7) is 3.54. The lowest BCUT2D eigenvalue weighted by atomic mass is 9.96. The fraction of sp³-hybridized carbons (Fsp3) is 0.231. The molecule has 1 atom stereocenters. The molecule has 0 radical (unpaired) electrons. The Labute approximate surface area is 200 Å². The molecule has 1 aliphatic heterocycles. The van der Waals surface area contributed by atoms with Crippen LogP contribution in [0.25, 0.3) is 0 Å². The fourth-order valence-electron chi connectivity index (χ4n) is 4.62. The van der Waals surface area contributed by atoms with Crippen molar-refractivity contribution in [2.24, 2.45) is 0 Å². The average molecular weight is 496 g/mol. The van der Waals surface area contributed by atoms with Crippen molar-refractivity contribution in [3.05, 3.63) is 107 Å². The molecule has 34 heavy (non-hydrogen) atoms. The molecule has 3 aromatic rings. The lowest BCUT2D eigenvalue weighted by molar-refractivity contribution is 0.0215. The van der Waals surface area contributed by atoms with Crippen LogP contribution in [0.5, 0.6) is 0 Å². The van der Waals surface area contributed by atoms with E-state index in [0.29, 0.717) is 10.1 Å². The first-order valence-electron chi connectivity index (χ1n) is 11.0. The zero-order valence-electron chi connectivity index (χ0n) is 18.9. The maximum absolute atomic E-state index is 13.8. The molecule has 3 aromatic carbocycles. The van der Waals surface area contributed by atoms with Gasteiger partial charge in [-0.3, -0.25) is 0 Å². The van der Waals surface area contributed by atoms with Gasteiger partial charge in [-0.1, -0.05) is 59.7 Å². The second-order valence-electron chi connectivity index (χ2n) is 8.80. The van der Waals surface area contributed by atoms with E-state index in [4.69, 9.17) is 4.74 Å². The third-order valence-electron chi connectivity index (χ3n) is 6.43. The minimum absolute atomic E-state index is 0.0949. The summed E-state index contributed by atoms with van der Waals surface area (Å²) in [5, 5.41) is 0. The van der Waals surface area contributed by atoms with E-state index in [1.807, 2.05) is 38.1 Å². The number of sulfonamides is 2. The number of hydrogen-bond acceptors (Lipinski definition) is 5. The van der Waals surface area contributed by atoms with Crippen LogP contribution in [0.4, 0.5) is 0 Å². The van der Waals surface area contributed by atoms with Gasteiger partial charge in [-0.15, -0.1) is 0 Å².